The number of imide groups is 1. The van der Waals surface area contributed by atoms with Crippen LogP contribution in [0.3, 0.4) is 0 Å². The zero-order valence-electron chi connectivity index (χ0n) is 23.0. The zero-order valence-corrected chi connectivity index (χ0v) is 23.0. The molecule has 1 aromatic carbocycles. The normalized spacial score (nSPS) is 16.5. The number of anilines is 1. The van der Waals surface area contributed by atoms with E-state index < -0.39 is 17.8 Å². The van der Waals surface area contributed by atoms with E-state index in [0.717, 1.165) is 44.2 Å². The van der Waals surface area contributed by atoms with E-state index in [9.17, 15) is 18.8 Å². The van der Waals surface area contributed by atoms with Gasteiger partial charge in [0.25, 0.3) is 11.8 Å². The van der Waals surface area contributed by atoms with Gasteiger partial charge in [-0.25, -0.2) is 14.1 Å². The monoisotopic (exact) mass is 540 g/mol. The summed E-state index contributed by atoms with van der Waals surface area (Å²) in [7, 11) is 0. The van der Waals surface area contributed by atoms with E-state index in [2.05, 4.69) is 20.5 Å². The first-order chi connectivity index (χ1) is 18.7. The highest BCUT2D eigenvalue weighted by Crippen LogP contribution is 2.34. The van der Waals surface area contributed by atoms with Gasteiger partial charge in [0.05, 0.1) is 11.1 Å². The van der Waals surface area contributed by atoms with Crippen molar-refractivity contribution >= 4 is 35.2 Å². The van der Waals surface area contributed by atoms with Crippen molar-refractivity contribution < 1.29 is 23.5 Å². The molecule has 3 heterocycles. The highest BCUT2D eigenvalue weighted by Gasteiger charge is 2.31. The number of carbonyl (C=O) groups excluding carboxylic acids is 3. The number of nitrogens with one attached hydrogen (secondary N) is 3. The Hall–Kier alpha value is -3.54. The summed E-state index contributed by atoms with van der Waals surface area (Å²) in [5, 5.41) is 5.99. The number of H-pyrrole nitrogens is 1. The molecule has 0 atom stereocenters. The number of fused-ring (bicyclic) bond motifs is 1. The SMILES string of the molecule is CCN(CC)CCN(C(=O)OCN1CCNCC1)C(=O)c1c(C)[nH]c(/C=C2\C(=O)Nc3ccc(F)cc32)c1C. The molecule has 2 aliphatic rings. The molecule has 3 N–H and O–H groups in total. The van der Waals surface area contributed by atoms with Gasteiger partial charge in [0.2, 0.25) is 0 Å². The summed E-state index contributed by atoms with van der Waals surface area (Å²) in [6.07, 6.45) is 0.924. The van der Waals surface area contributed by atoms with E-state index in [4.69, 9.17) is 4.74 Å². The molecule has 0 unspecified atom stereocenters. The summed E-state index contributed by atoms with van der Waals surface area (Å²) < 4.78 is 19.5. The molecule has 2 aliphatic heterocycles. The van der Waals surface area contributed by atoms with Crippen LogP contribution >= 0.6 is 0 Å². The first-order valence-corrected chi connectivity index (χ1v) is 13.4. The molecule has 0 spiro atoms. The highest BCUT2D eigenvalue weighted by molar-refractivity contribution is 6.35. The van der Waals surface area contributed by atoms with Crippen molar-refractivity contribution in [1.82, 2.24) is 25.0 Å². The lowest BCUT2D eigenvalue weighted by atomic mass is 10.0. The number of hydrogen-bond donors (Lipinski definition) is 3. The number of aromatic amines is 1. The molecule has 0 bridgehead atoms. The summed E-state index contributed by atoms with van der Waals surface area (Å²) in [6, 6.07) is 4.11. The molecule has 11 heteroatoms. The van der Waals surface area contributed by atoms with Gasteiger partial charge < -0.3 is 25.3 Å². The number of piperazine rings is 1. The maximum atomic E-state index is 13.9. The van der Waals surface area contributed by atoms with Gasteiger partial charge in [-0.2, -0.15) is 0 Å². The van der Waals surface area contributed by atoms with Crippen molar-refractivity contribution in [2.75, 3.05) is 64.4 Å². The van der Waals surface area contributed by atoms with E-state index in [-0.39, 0.29) is 19.2 Å². The third kappa shape index (κ3) is 6.38. The first-order valence-electron chi connectivity index (χ1n) is 13.4. The van der Waals surface area contributed by atoms with Crippen LogP contribution in [0.4, 0.5) is 14.9 Å². The topological polar surface area (TPSA) is 110 Å². The summed E-state index contributed by atoms with van der Waals surface area (Å²) in [4.78, 5) is 48.2. The van der Waals surface area contributed by atoms with Crippen LogP contribution in [-0.4, -0.2) is 96.7 Å². The second-order valence-corrected chi connectivity index (χ2v) is 9.76. The lowest BCUT2D eigenvalue weighted by Crippen LogP contribution is -2.47. The molecule has 2 aromatic rings. The molecule has 39 heavy (non-hydrogen) atoms. The molecule has 0 aliphatic carbocycles. The molecule has 1 saturated heterocycles. The second-order valence-electron chi connectivity index (χ2n) is 9.76. The molecule has 1 fully saturated rings. The maximum Gasteiger partial charge on any atom is 0.418 e. The fourth-order valence-electron chi connectivity index (χ4n) is 4.94. The standard InChI is InChI=1S/C28H37FN6O4/c1-5-33(6-2)13-14-35(28(38)39-17-34-11-9-30-10-12-34)27(37)25-18(3)24(31-19(25)4)16-22-21-15-20(29)7-8-23(21)32-26(22)36/h7-8,15-16,30-31H,5-6,9-14,17H2,1-4H3,(H,32,36)/b22-16-. The Balaban J connectivity index is 1.60. The van der Waals surface area contributed by atoms with Crippen LogP contribution in [0.15, 0.2) is 18.2 Å². The number of carbonyl (C=O) groups is 3. The van der Waals surface area contributed by atoms with E-state index in [0.29, 0.717) is 45.9 Å². The smallest absolute Gasteiger partial charge is 0.418 e. The Morgan fingerprint density at radius 1 is 1.13 bits per heavy atom. The Bertz CT molecular complexity index is 1260. The average molecular weight is 541 g/mol. The van der Waals surface area contributed by atoms with Crippen molar-refractivity contribution in [2.45, 2.75) is 27.7 Å². The number of aryl methyl sites for hydroxylation is 1. The van der Waals surface area contributed by atoms with Gasteiger partial charge in [-0.1, -0.05) is 13.8 Å². The zero-order chi connectivity index (χ0) is 28.1. The molecule has 10 nitrogen and oxygen atoms in total. The maximum absolute atomic E-state index is 13.9. The minimum absolute atomic E-state index is 0.114. The van der Waals surface area contributed by atoms with Crippen molar-refractivity contribution in [2.24, 2.45) is 0 Å². The predicted octanol–water partition coefficient (Wildman–Crippen LogP) is 3.05. The number of hydrogen-bond acceptors (Lipinski definition) is 7. The molecular formula is C28H37FN6O4. The summed E-state index contributed by atoms with van der Waals surface area (Å²) in [6.45, 7) is 13.1. The fourth-order valence-corrected chi connectivity index (χ4v) is 4.94. The van der Waals surface area contributed by atoms with Gasteiger partial charge in [0, 0.05) is 61.9 Å². The number of likely N-dealkylation sites (N-methyl/N-ethyl adjacent to an activating group) is 1. The van der Waals surface area contributed by atoms with Crippen LogP contribution in [0, 0.1) is 19.7 Å². The van der Waals surface area contributed by atoms with Gasteiger partial charge in [-0.15, -0.1) is 0 Å². The van der Waals surface area contributed by atoms with Crippen molar-refractivity contribution in [1.29, 1.82) is 0 Å². The Morgan fingerprint density at radius 3 is 2.54 bits per heavy atom. The van der Waals surface area contributed by atoms with Gasteiger partial charge in [0.1, 0.15) is 12.5 Å². The molecule has 3 amide bonds. The number of rotatable bonds is 9. The number of ether oxygens (including phenoxy) is 1. The van der Waals surface area contributed by atoms with Crippen molar-refractivity contribution in [3.63, 3.8) is 0 Å². The predicted molar refractivity (Wildman–Crippen MR) is 148 cm³/mol. The highest BCUT2D eigenvalue weighted by atomic mass is 19.1. The number of nitrogens with zero attached hydrogens (tertiary/aromatic N) is 3. The van der Waals surface area contributed by atoms with Crippen LogP contribution in [-0.2, 0) is 9.53 Å². The second kappa shape index (κ2) is 12.5. The third-order valence-electron chi connectivity index (χ3n) is 7.32. The van der Waals surface area contributed by atoms with Crippen LogP contribution < -0.4 is 10.6 Å². The molecule has 0 saturated carbocycles. The number of benzene rings is 1. The fraction of sp³-hybridized carbons (Fsp3) is 0.464. The first kappa shape index (κ1) is 28.5. The van der Waals surface area contributed by atoms with E-state index in [1.165, 1.54) is 18.2 Å². The van der Waals surface area contributed by atoms with Crippen LogP contribution in [0.5, 0.6) is 0 Å². The van der Waals surface area contributed by atoms with Crippen molar-refractivity contribution in [3.8, 4) is 0 Å². The number of aromatic nitrogens is 1. The van der Waals surface area contributed by atoms with Gasteiger partial charge >= 0.3 is 6.09 Å². The lowest BCUT2D eigenvalue weighted by molar-refractivity contribution is -0.110. The Morgan fingerprint density at radius 2 is 1.85 bits per heavy atom. The molecule has 0 radical (unpaired) electrons. The van der Waals surface area contributed by atoms with E-state index in [1.54, 1.807) is 19.9 Å². The molecule has 1 aromatic heterocycles. The van der Waals surface area contributed by atoms with Crippen LogP contribution in [0.25, 0.3) is 11.6 Å². The largest absolute Gasteiger partial charge is 0.433 e. The van der Waals surface area contributed by atoms with Gasteiger partial charge in [-0.3, -0.25) is 14.5 Å². The molecule has 4 rings (SSSR count). The van der Waals surface area contributed by atoms with Gasteiger partial charge in [0.15, 0.2) is 0 Å². The Kier molecular flexibility index (Phi) is 9.16. The van der Waals surface area contributed by atoms with E-state index >= 15 is 0 Å². The third-order valence-corrected chi connectivity index (χ3v) is 7.32. The Labute approximate surface area is 228 Å². The van der Waals surface area contributed by atoms with Crippen molar-refractivity contribution in [3.05, 3.63) is 52.1 Å². The molecule has 210 valence electrons. The quantitative estimate of drug-likeness (QED) is 0.420. The van der Waals surface area contributed by atoms with Gasteiger partial charge in [-0.05, 0) is 56.8 Å². The molecular weight excluding hydrogens is 503 g/mol. The van der Waals surface area contributed by atoms with E-state index in [1.807, 2.05) is 18.7 Å². The lowest BCUT2D eigenvalue weighted by Gasteiger charge is -2.29. The summed E-state index contributed by atoms with van der Waals surface area (Å²) in [5.74, 6) is -1.27. The average Bonchev–Trinajstić information content (AvgIpc) is 3.39. The number of halogens is 1. The summed E-state index contributed by atoms with van der Waals surface area (Å²) >= 11 is 0. The minimum atomic E-state index is -0.690. The number of amides is 3. The van der Waals surface area contributed by atoms with Crippen LogP contribution in [0.2, 0.25) is 0 Å². The summed E-state index contributed by atoms with van der Waals surface area (Å²) in [5.41, 5.74) is 3.31. The van der Waals surface area contributed by atoms with Crippen LogP contribution in [0.1, 0.15) is 46.7 Å². The minimum Gasteiger partial charge on any atom is -0.433 e.